The van der Waals surface area contributed by atoms with E-state index in [9.17, 15) is 9.59 Å². The lowest BCUT2D eigenvalue weighted by molar-refractivity contribution is -0.153. The summed E-state index contributed by atoms with van der Waals surface area (Å²) < 4.78 is 4.43. The number of carbonyl (C=O) groups is 2. The number of carbonyl (C=O) groups excluding carboxylic acids is 2. The molecule has 1 heterocycles. The number of rotatable bonds is 6. The highest BCUT2D eigenvalue weighted by Gasteiger charge is 2.32. The molecule has 1 aliphatic heterocycles. The minimum Gasteiger partial charge on any atom is -0.396 e. The van der Waals surface area contributed by atoms with E-state index in [0.29, 0.717) is 0 Å². The molecule has 80 valence electrons. The van der Waals surface area contributed by atoms with Gasteiger partial charge in [-0.05, 0) is 12.8 Å². The van der Waals surface area contributed by atoms with Gasteiger partial charge in [-0.3, -0.25) is 9.59 Å². The SMILES string of the molecule is O=C1CC(CCCCCCO)C(=O)O1. The molecule has 0 aliphatic carbocycles. The van der Waals surface area contributed by atoms with Crippen LogP contribution in [0.1, 0.15) is 38.5 Å². The first-order chi connectivity index (χ1) is 6.74. The van der Waals surface area contributed by atoms with Gasteiger partial charge < -0.3 is 9.84 Å². The lowest BCUT2D eigenvalue weighted by Gasteiger charge is -2.03. The number of ether oxygens (including phenoxy) is 1. The summed E-state index contributed by atoms with van der Waals surface area (Å²) >= 11 is 0. The maximum absolute atomic E-state index is 11.0. The van der Waals surface area contributed by atoms with Crippen molar-refractivity contribution in [3.63, 3.8) is 0 Å². The Morgan fingerprint density at radius 2 is 1.93 bits per heavy atom. The van der Waals surface area contributed by atoms with Gasteiger partial charge in [-0.2, -0.15) is 0 Å². The van der Waals surface area contributed by atoms with Gasteiger partial charge in [0.1, 0.15) is 0 Å². The molecular weight excluding hydrogens is 184 g/mol. The van der Waals surface area contributed by atoms with E-state index < -0.39 is 5.97 Å². The number of esters is 2. The van der Waals surface area contributed by atoms with Gasteiger partial charge in [0.25, 0.3) is 0 Å². The number of hydrogen-bond donors (Lipinski definition) is 1. The molecule has 0 aromatic heterocycles. The maximum atomic E-state index is 11.0. The second-order valence-corrected chi connectivity index (χ2v) is 3.62. The summed E-state index contributed by atoms with van der Waals surface area (Å²) in [5.74, 6) is -0.968. The van der Waals surface area contributed by atoms with E-state index in [1.54, 1.807) is 0 Å². The molecule has 1 unspecified atom stereocenters. The predicted octanol–water partition coefficient (Wildman–Crippen LogP) is 1.02. The zero-order chi connectivity index (χ0) is 10.4. The van der Waals surface area contributed by atoms with Crippen LogP contribution >= 0.6 is 0 Å². The van der Waals surface area contributed by atoms with E-state index in [0.717, 1.165) is 32.1 Å². The van der Waals surface area contributed by atoms with Crippen LogP contribution in [-0.2, 0) is 14.3 Å². The molecule has 14 heavy (non-hydrogen) atoms. The average Bonchev–Trinajstić information content (AvgIpc) is 2.45. The number of unbranched alkanes of at least 4 members (excludes halogenated alkanes) is 3. The first-order valence-corrected chi connectivity index (χ1v) is 5.09. The third kappa shape index (κ3) is 3.46. The van der Waals surface area contributed by atoms with Gasteiger partial charge in [0.15, 0.2) is 0 Å². The van der Waals surface area contributed by atoms with Gasteiger partial charge in [0.05, 0.1) is 12.3 Å². The molecule has 0 aromatic rings. The highest BCUT2D eigenvalue weighted by Crippen LogP contribution is 2.22. The first kappa shape index (κ1) is 11.2. The Balaban J connectivity index is 2.07. The summed E-state index contributed by atoms with van der Waals surface area (Å²) in [7, 11) is 0. The van der Waals surface area contributed by atoms with Gasteiger partial charge >= 0.3 is 11.9 Å². The van der Waals surface area contributed by atoms with Gasteiger partial charge in [-0.15, -0.1) is 0 Å². The van der Waals surface area contributed by atoms with E-state index in [4.69, 9.17) is 5.11 Å². The molecule has 4 nitrogen and oxygen atoms in total. The Hall–Kier alpha value is -0.900. The molecule has 0 bridgehead atoms. The van der Waals surface area contributed by atoms with Crippen LogP contribution in [-0.4, -0.2) is 23.7 Å². The third-order valence-corrected chi connectivity index (χ3v) is 2.42. The fourth-order valence-corrected chi connectivity index (χ4v) is 1.60. The molecule has 1 saturated heterocycles. The molecule has 1 rings (SSSR count). The standard InChI is InChI=1S/C10H16O4/c11-6-4-2-1-3-5-8-7-9(12)14-10(8)13/h8,11H,1-7H2. The van der Waals surface area contributed by atoms with Crippen molar-refractivity contribution < 1.29 is 19.4 Å². The fraction of sp³-hybridized carbons (Fsp3) is 0.800. The van der Waals surface area contributed by atoms with Crippen LogP contribution in [0.4, 0.5) is 0 Å². The topological polar surface area (TPSA) is 63.6 Å². The summed E-state index contributed by atoms with van der Waals surface area (Å²) in [6.45, 7) is 0.226. The Morgan fingerprint density at radius 3 is 2.50 bits per heavy atom. The van der Waals surface area contributed by atoms with Crippen LogP contribution in [0.2, 0.25) is 0 Å². The molecule has 1 N–H and O–H groups in total. The van der Waals surface area contributed by atoms with Crippen LogP contribution in [0.3, 0.4) is 0 Å². The minimum absolute atomic E-state index is 0.211. The van der Waals surface area contributed by atoms with Crippen molar-refractivity contribution in [2.24, 2.45) is 5.92 Å². The Labute approximate surface area is 83.2 Å². The van der Waals surface area contributed by atoms with Crippen molar-refractivity contribution in [2.45, 2.75) is 38.5 Å². The first-order valence-electron chi connectivity index (χ1n) is 5.09. The van der Waals surface area contributed by atoms with Gasteiger partial charge in [-0.1, -0.05) is 19.3 Å². The zero-order valence-corrected chi connectivity index (χ0v) is 8.20. The number of cyclic esters (lactones) is 2. The van der Waals surface area contributed by atoms with E-state index in [-0.39, 0.29) is 24.9 Å². The second kappa shape index (κ2) is 5.75. The van der Waals surface area contributed by atoms with Crippen molar-refractivity contribution >= 4 is 11.9 Å². The van der Waals surface area contributed by atoms with Crippen molar-refractivity contribution in [3.8, 4) is 0 Å². The van der Waals surface area contributed by atoms with Crippen molar-refractivity contribution in [2.75, 3.05) is 6.61 Å². The third-order valence-electron chi connectivity index (χ3n) is 2.42. The van der Waals surface area contributed by atoms with Gasteiger partial charge in [-0.25, -0.2) is 0 Å². The number of hydrogen-bond acceptors (Lipinski definition) is 4. The van der Waals surface area contributed by atoms with Crippen LogP contribution in [0, 0.1) is 5.92 Å². The predicted molar refractivity (Wildman–Crippen MR) is 49.4 cm³/mol. The summed E-state index contributed by atoms with van der Waals surface area (Å²) in [6, 6.07) is 0. The van der Waals surface area contributed by atoms with Crippen molar-refractivity contribution in [1.82, 2.24) is 0 Å². The molecule has 0 saturated carbocycles. The average molecular weight is 200 g/mol. The monoisotopic (exact) mass is 200 g/mol. The summed E-state index contributed by atoms with van der Waals surface area (Å²) in [4.78, 5) is 21.7. The lowest BCUT2D eigenvalue weighted by atomic mass is 9.99. The summed E-state index contributed by atoms with van der Waals surface area (Å²) in [6.07, 6.45) is 4.70. The second-order valence-electron chi connectivity index (χ2n) is 3.62. The Bertz CT molecular complexity index is 212. The van der Waals surface area contributed by atoms with Crippen LogP contribution < -0.4 is 0 Å². The fourth-order valence-electron chi connectivity index (χ4n) is 1.60. The van der Waals surface area contributed by atoms with E-state index in [1.807, 2.05) is 0 Å². The molecule has 0 spiro atoms. The quantitative estimate of drug-likeness (QED) is 0.395. The molecule has 1 atom stereocenters. The van der Waals surface area contributed by atoms with Gasteiger partial charge in [0.2, 0.25) is 0 Å². The molecule has 4 heteroatoms. The summed E-state index contributed by atoms with van der Waals surface area (Å²) in [5, 5.41) is 8.54. The van der Waals surface area contributed by atoms with Crippen LogP contribution in [0.15, 0.2) is 0 Å². The van der Waals surface area contributed by atoms with Crippen molar-refractivity contribution in [3.05, 3.63) is 0 Å². The van der Waals surface area contributed by atoms with E-state index >= 15 is 0 Å². The molecule has 0 radical (unpaired) electrons. The molecule has 0 aromatic carbocycles. The minimum atomic E-state index is -0.393. The molecular formula is C10H16O4. The zero-order valence-electron chi connectivity index (χ0n) is 8.20. The Morgan fingerprint density at radius 1 is 1.21 bits per heavy atom. The van der Waals surface area contributed by atoms with E-state index in [1.165, 1.54) is 0 Å². The Kier molecular flexibility index (Phi) is 4.59. The van der Waals surface area contributed by atoms with Gasteiger partial charge in [0, 0.05) is 6.61 Å². The maximum Gasteiger partial charge on any atom is 0.317 e. The van der Waals surface area contributed by atoms with Crippen LogP contribution in [0.25, 0.3) is 0 Å². The highest BCUT2D eigenvalue weighted by molar-refractivity contribution is 5.94. The molecule has 0 amide bonds. The molecule has 1 aliphatic rings. The summed E-state index contributed by atoms with van der Waals surface area (Å²) in [5.41, 5.74) is 0. The largest absolute Gasteiger partial charge is 0.396 e. The van der Waals surface area contributed by atoms with Crippen LogP contribution in [0.5, 0.6) is 0 Å². The number of aliphatic hydroxyl groups excluding tert-OH is 1. The normalized spacial score (nSPS) is 21.4. The van der Waals surface area contributed by atoms with E-state index in [2.05, 4.69) is 4.74 Å². The van der Waals surface area contributed by atoms with Crippen molar-refractivity contribution in [1.29, 1.82) is 0 Å². The smallest absolute Gasteiger partial charge is 0.317 e. The molecule has 1 fully saturated rings. The number of aliphatic hydroxyl groups is 1. The lowest BCUT2D eigenvalue weighted by Crippen LogP contribution is -2.07. The highest BCUT2D eigenvalue weighted by atomic mass is 16.6.